The third-order valence-corrected chi connectivity index (χ3v) is 1.78. The van der Waals surface area contributed by atoms with E-state index in [9.17, 15) is 0 Å². The van der Waals surface area contributed by atoms with Crippen molar-refractivity contribution in [2.45, 2.75) is 6.92 Å². The number of aromatic nitrogens is 1. The molecule has 0 fully saturated rings. The monoisotopic (exact) mass is 178 g/mol. The van der Waals surface area contributed by atoms with Gasteiger partial charge in [-0.2, -0.15) is 0 Å². The number of hydrogen-bond donors (Lipinski definition) is 1. The van der Waals surface area contributed by atoms with Gasteiger partial charge in [0.1, 0.15) is 5.75 Å². The first-order valence-electron chi connectivity index (χ1n) is 4.09. The summed E-state index contributed by atoms with van der Waals surface area (Å²) in [5.74, 6) is 1.18. The minimum absolute atomic E-state index is 0.400. The molecule has 4 nitrogen and oxygen atoms in total. The summed E-state index contributed by atoms with van der Waals surface area (Å²) in [6, 6.07) is 5.45. The highest BCUT2D eigenvalue weighted by atomic mass is 16.5. The van der Waals surface area contributed by atoms with Crippen LogP contribution < -0.4 is 10.5 Å². The summed E-state index contributed by atoms with van der Waals surface area (Å²) in [6.45, 7) is 2.57. The fraction of sp³-hybridized carbons (Fsp3) is 0.222. The smallest absolute Gasteiger partial charge is 0.174 e. The molecule has 2 N–H and O–H groups in total. The van der Waals surface area contributed by atoms with Crippen molar-refractivity contribution >= 4 is 16.8 Å². The topological polar surface area (TPSA) is 61.3 Å². The molecule has 4 heteroatoms. The number of rotatable bonds is 2. The lowest BCUT2D eigenvalue weighted by Gasteiger charge is -2.00. The van der Waals surface area contributed by atoms with Crippen molar-refractivity contribution in [2.24, 2.45) is 0 Å². The van der Waals surface area contributed by atoms with Crippen LogP contribution in [-0.4, -0.2) is 11.8 Å². The van der Waals surface area contributed by atoms with Crippen LogP contribution in [0.1, 0.15) is 6.92 Å². The number of hydrogen-bond acceptors (Lipinski definition) is 4. The van der Waals surface area contributed by atoms with Gasteiger partial charge in [-0.3, -0.25) is 0 Å². The highest BCUT2D eigenvalue weighted by Crippen LogP contribution is 2.24. The van der Waals surface area contributed by atoms with Crippen LogP contribution in [0.5, 0.6) is 5.75 Å². The highest BCUT2D eigenvalue weighted by Gasteiger charge is 2.05. The van der Waals surface area contributed by atoms with Crippen LogP contribution in [0.3, 0.4) is 0 Å². The molecule has 2 rings (SSSR count). The summed E-state index contributed by atoms with van der Waals surface area (Å²) in [7, 11) is 0. The largest absolute Gasteiger partial charge is 0.494 e. The van der Waals surface area contributed by atoms with Crippen LogP contribution in [-0.2, 0) is 0 Å². The van der Waals surface area contributed by atoms with E-state index in [0.717, 1.165) is 11.1 Å². The molecule has 0 bridgehead atoms. The second kappa shape index (κ2) is 2.97. The molecule has 1 heterocycles. The second-order valence-electron chi connectivity index (χ2n) is 2.66. The summed E-state index contributed by atoms with van der Waals surface area (Å²) >= 11 is 0. The Hall–Kier alpha value is -1.71. The van der Waals surface area contributed by atoms with Crippen LogP contribution in [0.25, 0.3) is 11.0 Å². The molecular formula is C9H10N2O2. The summed E-state index contributed by atoms with van der Waals surface area (Å²) in [5, 5.41) is 4.44. The van der Waals surface area contributed by atoms with E-state index < -0.39 is 0 Å². The lowest BCUT2D eigenvalue weighted by molar-refractivity contribution is 0.340. The van der Waals surface area contributed by atoms with Crippen LogP contribution in [0, 0.1) is 0 Å². The molecule has 0 radical (unpaired) electrons. The molecule has 0 aliphatic rings. The van der Waals surface area contributed by atoms with E-state index in [1.54, 1.807) is 6.07 Å². The van der Waals surface area contributed by atoms with Gasteiger partial charge >= 0.3 is 0 Å². The number of nitrogens with two attached hydrogens (primary N) is 1. The number of fused-ring (bicyclic) bond motifs is 1. The molecule has 2 aromatic rings. The van der Waals surface area contributed by atoms with E-state index in [4.69, 9.17) is 15.0 Å². The maximum absolute atomic E-state index is 5.58. The maximum Gasteiger partial charge on any atom is 0.174 e. The van der Waals surface area contributed by atoms with Crippen LogP contribution in [0.15, 0.2) is 22.7 Å². The van der Waals surface area contributed by atoms with Crippen LogP contribution in [0.4, 0.5) is 5.82 Å². The van der Waals surface area contributed by atoms with Crippen molar-refractivity contribution in [1.82, 2.24) is 5.16 Å². The van der Waals surface area contributed by atoms with Crippen molar-refractivity contribution in [3.05, 3.63) is 18.2 Å². The van der Waals surface area contributed by atoms with Crippen molar-refractivity contribution < 1.29 is 9.26 Å². The number of nitrogen functional groups attached to an aromatic ring is 1. The third kappa shape index (κ3) is 1.30. The second-order valence-corrected chi connectivity index (χ2v) is 2.66. The Bertz CT molecular complexity index is 422. The van der Waals surface area contributed by atoms with Crippen molar-refractivity contribution in [3.8, 4) is 5.75 Å². The van der Waals surface area contributed by atoms with Gasteiger partial charge in [0.15, 0.2) is 11.4 Å². The Morgan fingerprint density at radius 3 is 3.15 bits per heavy atom. The zero-order valence-corrected chi connectivity index (χ0v) is 7.28. The molecule has 0 unspecified atom stereocenters. The maximum atomic E-state index is 5.58. The molecule has 1 aromatic carbocycles. The van der Waals surface area contributed by atoms with Crippen LogP contribution in [0.2, 0.25) is 0 Å². The third-order valence-electron chi connectivity index (χ3n) is 1.78. The van der Waals surface area contributed by atoms with E-state index >= 15 is 0 Å². The number of ether oxygens (including phenoxy) is 1. The Labute approximate surface area is 75.3 Å². The molecule has 0 atom stereocenters. The average molecular weight is 178 g/mol. The molecule has 0 amide bonds. The van der Waals surface area contributed by atoms with Gasteiger partial charge in [-0.05, 0) is 25.1 Å². The Morgan fingerprint density at radius 2 is 2.38 bits per heavy atom. The summed E-state index contributed by atoms with van der Waals surface area (Å²) in [4.78, 5) is 0. The molecule has 0 spiro atoms. The SMILES string of the molecule is CCOc1ccc2onc(N)c2c1. The molecule has 13 heavy (non-hydrogen) atoms. The van der Waals surface area contributed by atoms with Gasteiger partial charge in [0.2, 0.25) is 0 Å². The van der Waals surface area contributed by atoms with Gasteiger partial charge in [-0.15, -0.1) is 0 Å². The van der Waals surface area contributed by atoms with Crippen LogP contribution >= 0.6 is 0 Å². The number of anilines is 1. The average Bonchev–Trinajstić information content (AvgIpc) is 2.49. The van der Waals surface area contributed by atoms with E-state index in [1.165, 1.54) is 0 Å². The standard InChI is InChI=1S/C9H10N2O2/c1-2-12-6-3-4-8-7(5-6)9(10)11-13-8/h3-5H,2H2,1H3,(H2,10,11). The number of nitrogens with zero attached hydrogens (tertiary/aromatic N) is 1. The first kappa shape index (κ1) is 7.91. The zero-order chi connectivity index (χ0) is 9.26. The predicted octanol–water partition coefficient (Wildman–Crippen LogP) is 1.81. The first-order chi connectivity index (χ1) is 6.31. The lowest BCUT2D eigenvalue weighted by atomic mass is 10.2. The van der Waals surface area contributed by atoms with Gasteiger partial charge in [0.25, 0.3) is 0 Å². The minimum Gasteiger partial charge on any atom is -0.494 e. The van der Waals surface area contributed by atoms with E-state index in [1.807, 2.05) is 19.1 Å². The molecule has 0 aliphatic carbocycles. The summed E-state index contributed by atoms with van der Waals surface area (Å²) < 4.78 is 10.3. The van der Waals surface area contributed by atoms with E-state index in [0.29, 0.717) is 18.0 Å². The Morgan fingerprint density at radius 1 is 1.54 bits per heavy atom. The molecular weight excluding hydrogens is 168 g/mol. The summed E-state index contributed by atoms with van der Waals surface area (Å²) in [5.41, 5.74) is 6.26. The quantitative estimate of drug-likeness (QED) is 0.761. The van der Waals surface area contributed by atoms with Crippen molar-refractivity contribution in [3.63, 3.8) is 0 Å². The van der Waals surface area contributed by atoms with Crippen molar-refractivity contribution in [2.75, 3.05) is 12.3 Å². The number of benzene rings is 1. The van der Waals surface area contributed by atoms with Gasteiger partial charge in [0, 0.05) is 0 Å². The predicted molar refractivity (Wildman–Crippen MR) is 49.6 cm³/mol. The lowest BCUT2D eigenvalue weighted by Crippen LogP contribution is -1.91. The molecule has 68 valence electrons. The van der Waals surface area contributed by atoms with Gasteiger partial charge in [-0.1, -0.05) is 5.16 Å². The minimum atomic E-state index is 0.400. The fourth-order valence-electron chi connectivity index (χ4n) is 1.19. The van der Waals surface area contributed by atoms with E-state index in [-0.39, 0.29) is 0 Å². The van der Waals surface area contributed by atoms with E-state index in [2.05, 4.69) is 5.16 Å². The Balaban J connectivity index is 2.53. The van der Waals surface area contributed by atoms with Gasteiger partial charge in [-0.25, -0.2) is 0 Å². The molecule has 0 aliphatic heterocycles. The molecule has 0 saturated carbocycles. The molecule has 0 saturated heterocycles. The molecule has 1 aromatic heterocycles. The fourth-order valence-corrected chi connectivity index (χ4v) is 1.19. The van der Waals surface area contributed by atoms with Gasteiger partial charge < -0.3 is 15.0 Å². The summed E-state index contributed by atoms with van der Waals surface area (Å²) in [6.07, 6.45) is 0. The normalized spacial score (nSPS) is 10.5. The first-order valence-corrected chi connectivity index (χ1v) is 4.09. The van der Waals surface area contributed by atoms with Crippen molar-refractivity contribution in [1.29, 1.82) is 0 Å². The highest BCUT2D eigenvalue weighted by molar-refractivity contribution is 5.87. The van der Waals surface area contributed by atoms with Gasteiger partial charge in [0.05, 0.1) is 12.0 Å². The Kier molecular flexibility index (Phi) is 1.81. The zero-order valence-electron chi connectivity index (χ0n) is 7.28.